The molecule has 0 unspecified atom stereocenters. The van der Waals surface area contributed by atoms with Crippen molar-refractivity contribution in [1.82, 2.24) is 9.78 Å². The topological polar surface area (TPSA) is 82.5 Å². The van der Waals surface area contributed by atoms with Crippen molar-refractivity contribution in [3.63, 3.8) is 0 Å². The Morgan fingerprint density at radius 2 is 2.23 bits per heavy atom. The lowest BCUT2D eigenvalue weighted by Crippen LogP contribution is -2.17. The van der Waals surface area contributed by atoms with Gasteiger partial charge in [-0.25, -0.2) is 4.79 Å². The Kier molecular flexibility index (Phi) is 5.44. The third-order valence-electron chi connectivity index (χ3n) is 2.63. The Hall–Kier alpha value is -1.57. The molecular weight excluding hydrogens is 395 g/mol. The zero-order valence-corrected chi connectivity index (χ0v) is 14.5. The van der Waals surface area contributed by atoms with E-state index in [1.54, 1.807) is 18.3 Å². The minimum absolute atomic E-state index is 0.0205. The maximum atomic E-state index is 11.7. The molecule has 9 heteroatoms. The number of carbonyl (C=O) groups is 1. The second-order valence-electron chi connectivity index (χ2n) is 4.32. The van der Waals surface area contributed by atoms with Gasteiger partial charge in [-0.3, -0.25) is 4.68 Å². The first-order chi connectivity index (χ1) is 10.4. The Balaban J connectivity index is 2.02. The number of nitrogens with two attached hydrogens (primary N) is 1. The van der Waals surface area contributed by atoms with Gasteiger partial charge in [0.25, 0.3) is 0 Å². The van der Waals surface area contributed by atoms with E-state index in [0.29, 0.717) is 15.6 Å². The van der Waals surface area contributed by atoms with Crippen molar-refractivity contribution in [2.24, 2.45) is 10.9 Å². The van der Waals surface area contributed by atoms with Crippen molar-refractivity contribution in [3.05, 3.63) is 50.2 Å². The third kappa shape index (κ3) is 4.22. The zero-order valence-electron chi connectivity index (χ0n) is 11.4. The van der Waals surface area contributed by atoms with Crippen molar-refractivity contribution < 1.29 is 9.63 Å². The summed E-state index contributed by atoms with van der Waals surface area (Å²) in [7, 11) is 0. The highest BCUT2D eigenvalue weighted by molar-refractivity contribution is 9.10. The smallest absolute Gasteiger partial charge is 0.356 e. The number of hydrogen-bond donors (Lipinski definition) is 1. The van der Waals surface area contributed by atoms with Crippen LogP contribution in [0.3, 0.4) is 0 Å². The van der Waals surface area contributed by atoms with Gasteiger partial charge in [-0.05, 0) is 41.1 Å². The van der Waals surface area contributed by atoms with Gasteiger partial charge in [0.15, 0.2) is 5.84 Å². The zero-order chi connectivity index (χ0) is 16.3. The van der Waals surface area contributed by atoms with Crippen LogP contribution in [-0.2, 0) is 16.2 Å². The van der Waals surface area contributed by atoms with Crippen LogP contribution in [-0.4, -0.2) is 21.6 Å². The average Bonchev–Trinajstić information content (AvgIpc) is 2.74. The molecule has 0 saturated heterocycles. The molecule has 0 aliphatic rings. The Morgan fingerprint density at radius 3 is 2.82 bits per heavy atom. The van der Waals surface area contributed by atoms with Gasteiger partial charge in [0.05, 0.1) is 15.2 Å². The normalized spacial score (nSPS) is 11.5. The van der Waals surface area contributed by atoms with Gasteiger partial charge in [-0.15, -0.1) is 0 Å². The van der Waals surface area contributed by atoms with Crippen LogP contribution < -0.4 is 5.73 Å². The third-order valence-corrected chi connectivity index (χ3v) is 3.96. The number of halogens is 3. The molecule has 0 spiro atoms. The van der Waals surface area contributed by atoms with E-state index < -0.39 is 5.97 Å². The molecule has 0 amide bonds. The summed E-state index contributed by atoms with van der Waals surface area (Å²) in [6.45, 7) is 1.72. The van der Waals surface area contributed by atoms with E-state index in [2.05, 4.69) is 26.2 Å². The summed E-state index contributed by atoms with van der Waals surface area (Å²) in [5.41, 5.74) is 6.93. The number of carbonyl (C=O) groups excluding carboxylic acids is 1. The van der Waals surface area contributed by atoms with Crippen LogP contribution >= 0.6 is 39.1 Å². The number of amidine groups is 1. The molecule has 1 aromatic carbocycles. The second kappa shape index (κ2) is 7.13. The summed E-state index contributed by atoms with van der Waals surface area (Å²) in [5.74, 6) is -0.629. The molecule has 0 aliphatic heterocycles. The summed E-state index contributed by atoms with van der Waals surface area (Å²) < 4.78 is 2.24. The number of hydrogen-bond acceptors (Lipinski definition) is 4. The predicted molar refractivity (Wildman–Crippen MR) is 87.9 cm³/mol. The molecule has 22 heavy (non-hydrogen) atoms. The van der Waals surface area contributed by atoms with Crippen LogP contribution in [0.5, 0.6) is 0 Å². The molecule has 0 atom stereocenters. The fourth-order valence-corrected chi connectivity index (χ4v) is 2.40. The molecule has 0 bridgehead atoms. The molecule has 2 N–H and O–H groups in total. The van der Waals surface area contributed by atoms with Crippen LogP contribution in [0, 0.1) is 6.92 Å². The Bertz CT molecular complexity index is 726. The second-order valence-corrected chi connectivity index (χ2v) is 6.02. The standard InChI is InChI=1S/C13H11BrCl2N4O2/c1-7-10(14)5-20(18-7)6-12(21)22-19-13(17)9-3-2-8(15)4-11(9)16/h2-5H,6H2,1H3,(H2,17,19). The number of aromatic nitrogens is 2. The fourth-order valence-electron chi connectivity index (χ4n) is 1.58. The van der Waals surface area contributed by atoms with Crippen molar-refractivity contribution in [1.29, 1.82) is 0 Å². The first kappa shape index (κ1) is 16.8. The Morgan fingerprint density at radius 1 is 1.50 bits per heavy atom. The minimum Gasteiger partial charge on any atom is -0.380 e. The van der Waals surface area contributed by atoms with Crippen LogP contribution in [0.15, 0.2) is 34.0 Å². The van der Waals surface area contributed by atoms with Gasteiger partial charge < -0.3 is 10.6 Å². The lowest BCUT2D eigenvalue weighted by molar-refractivity contribution is -0.144. The Labute approximate surface area is 144 Å². The summed E-state index contributed by atoms with van der Waals surface area (Å²) in [4.78, 5) is 16.4. The molecule has 1 heterocycles. The van der Waals surface area contributed by atoms with Crippen molar-refractivity contribution >= 4 is 50.9 Å². The van der Waals surface area contributed by atoms with Crippen molar-refractivity contribution in [2.75, 3.05) is 0 Å². The van der Waals surface area contributed by atoms with E-state index >= 15 is 0 Å². The summed E-state index contributed by atoms with van der Waals surface area (Å²) in [6.07, 6.45) is 1.67. The molecule has 116 valence electrons. The molecule has 0 radical (unpaired) electrons. The lowest BCUT2D eigenvalue weighted by Gasteiger charge is -2.04. The largest absolute Gasteiger partial charge is 0.380 e. The summed E-state index contributed by atoms with van der Waals surface area (Å²) in [5, 5.41) is 8.47. The van der Waals surface area contributed by atoms with E-state index in [1.165, 1.54) is 10.7 Å². The molecule has 6 nitrogen and oxygen atoms in total. The van der Waals surface area contributed by atoms with Crippen LogP contribution in [0.1, 0.15) is 11.3 Å². The van der Waals surface area contributed by atoms with Crippen LogP contribution in [0.2, 0.25) is 10.0 Å². The molecule has 2 aromatic rings. The van der Waals surface area contributed by atoms with Crippen molar-refractivity contribution in [2.45, 2.75) is 13.5 Å². The van der Waals surface area contributed by atoms with Gasteiger partial charge in [-0.2, -0.15) is 5.10 Å². The molecule has 0 aliphatic carbocycles. The minimum atomic E-state index is -0.608. The number of oxime groups is 1. The van der Waals surface area contributed by atoms with Gasteiger partial charge >= 0.3 is 5.97 Å². The highest BCUT2D eigenvalue weighted by atomic mass is 79.9. The molecular formula is C13H11BrCl2N4O2. The number of rotatable bonds is 4. The average molecular weight is 406 g/mol. The maximum Gasteiger partial charge on any atom is 0.356 e. The number of benzene rings is 1. The number of nitrogens with zero attached hydrogens (tertiary/aromatic N) is 3. The summed E-state index contributed by atoms with van der Waals surface area (Å²) in [6, 6.07) is 4.72. The van der Waals surface area contributed by atoms with E-state index in [1.807, 2.05) is 6.92 Å². The van der Waals surface area contributed by atoms with Crippen LogP contribution in [0.25, 0.3) is 0 Å². The van der Waals surface area contributed by atoms with Gasteiger partial charge in [0.2, 0.25) is 0 Å². The van der Waals surface area contributed by atoms with E-state index in [0.717, 1.165) is 10.2 Å². The van der Waals surface area contributed by atoms with E-state index in [9.17, 15) is 4.79 Å². The van der Waals surface area contributed by atoms with Gasteiger partial charge in [0, 0.05) is 16.8 Å². The van der Waals surface area contributed by atoms with Gasteiger partial charge in [0.1, 0.15) is 6.54 Å². The maximum absolute atomic E-state index is 11.7. The van der Waals surface area contributed by atoms with E-state index in [-0.39, 0.29) is 12.4 Å². The lowest BCUT2D eigenvalue weighted by atomic mass is 10.2. The molecule has 0 fully saturated rings. The van der Waals surface area contributed by atoms with Crippen molar-refractivity contribution in [3.8, 4) is 0 Å². The molecule has 2 rings (SSSR count). The quantitative estimate of drug-likeness (QED) is 0.366. The number of aryl methyl sites for hydroxylation is 1. The highest BCUT2D eigenvalue weighted by Crippen LogP contribution is 2.20. The summed E-state index contributed by atoms with van der Waals surface area (Å²) >= 11 is 15.1. The first-order valence-corrected chi connectivity index (χ1v) is 7.60. The molecule has 0 saturated carbocycles. The molecule has 1 aromatic heterocycles. The SMILES string of the molecule is Cc1nn(CC(=O)O/N=C(\N)c2ccc(Cl)cc2Cl)cc1Br. The highest BCUT2D eigenvalue weighted by Gasteiger charge is 2.10. The van der Waals surface area contributed by atoms with E-state index in [4.69, 9.17) is 33.8 Å². The van der Waals surface area contributed by atoms with Gasteiger partial charge in [-0.1, -0.05) is 28.4 Å². The first-order valence-electron chi connectivity index (χ1n) is 6.05. The fraction of sp³-hybridized carbons (Fsp3) is 0.154. The monoisotopic (exact) mass is 404 g/mol. The van der Waals surface area contributed by atoms with Crippen LogP contribution in [0.4, 0.5) is 0 Å². The predicted octanol–water partition coefficient (Wildman–Crippen LogP) is 3.12.